The lowest BCUT2D eigenvalue weighted by Crippen LogP contribution is -2.42. The van der Waals surface area contributed by atoms with Crippen molar-refractivity contribution < 1.29 is 9.53 Å². The SMILES string of the molecule is CCOc1cccc(C(C)NC(=O)[C@@H](N)Cc2ccccc2)c1.Cl. The van der Waals surface area contributed by atoms with Crippen LogP contribution in [0.25, 0.3) is 0 Å². The fourth-order valence-electron chi connectivity index (χ4n) is 2.40. The summed E-state index contributed by atoms with van der Waals surface area (Å²) in [5, 5.41) is 2.97. The second-order valence-corrected chi connectivity index (χ2v) is 5.53. The smallest absolute Gasteiger partial charge is 0.237 e. The summed E-state index contributed by atoms with van der Waals surface area (Å²) in [5.41, 5.74) is 8.07. The molecule has 130 valence electrons. The first-order valence-corrected chi connectivity index (χ1v) is 7.92. The predicted molar refractivity (Wildman–Crippen MR) is 99.5 cm³/mol. The van der Waals surface area contributed by atoms with Crippen molar-refractivity contribution in [2.24, 2.45) is 5.73 Å². The summed E-state index contributed by atoms with van der Waals surface area (Å²) >= 11 is 0. The zero-order valence-corrected chi connectivity index (χ0v) is 14.9. The molecule has 5 heteroatoms. The van der Waals surface area contributed by atoms with E-state index in [1.807, 2.05) is 68.4 Å². The summed E-state index contributed by atoms with van der Waals surface area (Å²) in [6.07, 6.45) is 0.526. The van der Waals surface area contributed by atoms with Crippen molar-refractivity contribution in [2.45, 2.75) is 32.4 Å². The van der Waals surface area contributed by atoms with E-state index in [0.29, 0.717) is 13.0 Å². The number of rotatable bonds is 7. The second kappa shape index (κ2) is 9.96. The second-order valence-electron chi connectivity index (χ2n) is 5.53. The fourth-order valence-corrected chi connectivity index (χ4v) is 2.40. The molecule has 0 saturated carbocycles. The molecule has 0 bridgehead atoms. The Labute approximate surface area is 149 Å². The van der Waals surface area contributed by atoms with Gasteiger partial charge in [0.15, 0.2) is 0 Å². The molecule has 0 aliphatic rings. The molecule has 4 nitrogen and oxygen atoms in total. The quantitative estimate of drug-likeness (QED) is 0.807. The average Bonchev–Trinajstić information content (AvgIpc) is 2.56. The van der Waals surface area contributed by atoms with Crippen LogP contribution in [0.1, 0.15) is 31.0 Å². The van der Waals surface area contributed by atoms with Crippen molar-refractivity contribution in [3.05, 3.63) is 65.7 Å². The van der Waals surface area contributed by atoms with Gasteiger partial charge in [0, 0.05) is 0 Å². The van der Waals surface area contributed by atoms with E-state index in [0.717, 1.165) is 16.9 Å². The van der Waals surface area contributed by atoms with Gasteiger partial charge in [0.2, 0.25) is 5.91 Å². The Bertz CT molecular complexity index is 634. The molecule has 0 fully saturated rings. The van der Waals surface area contributed by atoms with E-state index in [9.17, 15) is 4.79 Å². The lowest BCUT2D eigenvalue weighted by atomic mass is 10.0. The molecule has 0 saturated heterocycles. The highest BCUT2D eigenvalue weighted by Gasteiger charge is 2.17. The van der Waals surface area contributed by atoms with Gasteiger partial charge in [-0.15, -0.1) is 12.4 Å². The Morgan fingerprint density at radius 1 is 1.17 bits per heavy atom. The number of carbonyl (C=O) groups is 1. The highest BCUT2D eigenvalue weighted by molar-refractivity contribution is 5.85. The van der Waals surface area contributed by atoms with Crippen LogP contribution in [0.5, 0.6) is 5.75 Å². The topological polar surface area (TPSA) is 64.3 Å². The normalized spacial score (nSPS) is 12.6. The van der Waals surface area contributed by atoms with E-state index in [4.69, 9.17) is 10.5 Å². The van der Waals surface area contributed by atoms with Crippen LogP contribution < -0.4 is 15.8 Å². The number of nitrogens with one attached hydrogen (secondary N) is 1. The molecule has 2 atom stereocenters. The number of halogens is 1. The molecule has 1 amide bonds. The molecule has 0 aliphatic heterocycles. The van der Waals surface area contributed by atoms with Gasteiger partial charge in [-0.25, -0.2) is 0 Å². The van der Waals surface area contributed by atoms with Crippen LogP contribution >= 0.6 is 12.4 Å². The zero-order valence-electron chi connectivity index (χ0n) is 14.1. The van der Waals surface area contributed by atoms with Crippen LogP contribution in [0.2, 0.25) is 0 Å². The Morgan fingerprint density at radius 3 is 2.54 bits per heavy atom. The van der Waals surface area contributed by atoms with E-state index >= 15 is 0 Å². The van der Waals surface area contributed by atoms with Gasteiger partial charge in [-0.3, -0.25) is 4.79 Å². The predicted octanol–water partition coefficient (Wildman–Crippen LogP) is 3.25. The van der Waals surface area contributed by atoms with Crippen molar-refractivity contribution in [3.8, 4) is 5.75 Å². The number of ether oxygens (including phenoxy) is 1. The highest BCUT2D eigenvalue weighted by Crippen LogP contribution is 2.19. The van der Waals surface area contributed by atoms with E-state index in [1.54, 1.807) is 0 Å². The van der Waals surface area contributed by atoms with Crippen LogP contribution in [0.15, 0.2) is 54.6 Å². The summed E-state index contributed by atoms with van der Waals surface area (Å²) in [4.78, 5) is 12.3. The molecular weight excluding hydrogens is 324 g/mol. The van der Waals surface area contributed by atoms with Gasteiger partial charge in [-0.1, -0.05) is 42.5 Å². The summed E-state index contributed by atoms with van der Waals surface area (Å²) in [7, 11) is 0. The molecule has 1 unspecified atom stereocenters. The van der Waals surface area contributed by atoms with E-state index in [1.165, 1.54) is 0 Å². The first-order chi connectivity index (χ1) is 11.1. The van der Waals surface area contributed by atoms with Gasteiger partial charge < -0.3 is 15.8 Å². The number of amides is 1. The monoisotopic (exact) mass is 348 g/mol. The molecule has 0 aliphatic carbocycles. The van der Waals surface area contributed by atoms with Crippen LogP contribution in [0.4, 0.5) is 0 Å². The van der Waals surface area contributed by atoms with Crippen molar-refractivity contribution in [1.82, 2.24) is 5.32 Å². The minimum absolute atomic E-state index is 0. The maximum absolute atomic E-state index is 12.3. The molecule has 3 N–H and O–H groups in total. The van der Waals surface area contributed by atoms with Gasteiger partial charge in [-0.2, -0.15) is 0 Å². The van der Waals surface area contributed by atoms with E-state index in [2.05, 4.69) is 5.32 Å². The standard InChI is InChI=1S/C19H24N2O2.ClH/c1-3-23-17-11-7-10-16(13-17)14(2)21-19(22)18(20)12-15-8-5-4-6-9-15;/h4-11,13-14,18H,3,12,20H2,1-2H3,(H,21,22);1H/t14?,18-;/m0./s1. The summed E-state index contributed by atoms with van der Waals surface area (Å²) in [6.45, 7) is 4.50. The lowest BCUT2D eigenvalue weighted by molar-refractivity contribution is -0.123. The number of hydrogen-bond donors (Lipinski definition) is 2. The molecule has 0 heterocycles. The molecule has 2 aromatic carbocycles. The first kappa shape index (κ1) is 20.0. The van der Waals surface area contributed by atoms with Gasteiger partial charge in [0.25, 0.3) is 0 Å². The van der Waals surface area contributed by atoms with Crippen molar-refractivity contribution >= 4 is 18.3 Å². The number of nitrogens with two attached hydrogens (primary N) is 1. The molecule has 2 aromatic rings. The largest absolute Gasteiger partial charge is 0.494 e. The van der Waals surface area contributed by atoms with Gasteiger partial charge in [0.05, 0.1) is 18.7 Å². The van der Waals surface area contributed by atoms with Crippen molar-refractivity contribution in [3.63, 3.8) is 0 Å². The van der Waals surface area contributed by atoms with Gasteiger partial charge >= 0.3 is 0 Å². The fraction of sp³-hybridized carbons (Fsp3) is 0.316. The minimum Gasteiger partial charge on any atom is -0.494 e. The van der Waals surface area contributed by atoms with Gasteiger partial charge in [0.1, 0.15) is 5.75 Å². The molecule has 0 radical (unpaired) electrons. The molecule has 24 heavy (non-hydrogen) atoms. The van der Waals surface area contributed by atoms with Gasteiger partial charge in [-0.05, 0) is 43.5 Å². The third-order valence-corrected chi connectivity index (χ3v) is 3.66. The third-order valence-electron chi connectivity index (χ3n) is 3.66. The maximum atomic E-state index is 12.3. The Morgan fingerprint density at radius 2 is 1.88 bits per heavy atom. The summed E-state index contributed by atoms with van der Waals surface area (Å²) in [5.74, 6) is 0.655. The Hall–Kier alpha value is -2.04. The molecular formula is C19H25ClN2O2. The number of carbonyl (C=O) groups excluding carboxylic acids is 1. The lowest BCUT2D eigenvalue weighted by Gasteiger charge is -2.18. The van der Waals surface area contributed by atoms with E-state index in [-0.39, 0.29) is 24.4 Å². The summed E-state index contributed by atoms with van der Waals surface area (Å²) in [6, 6.07) is 16.8. The molecule has 0 spiro atoms. The van der Waals surface area contributed by atoms with E-state index < -0.39 is 6.04 Å². The first-order valence-electron chi connectivity index (χ1n) is 7.92. The number of benzene rings is 2. The van der Waals surface area contributed by atoms with Crippen molar-refractivity contribution in [1.29, 1.82) is 0 Å². The zero-order chi connectivity index (χ0) is 16.7. The average molecular weight is 349 g/mol. The van der Waals surface area contributed by atoms with Crippen LogP contribution in [-0.2, 0) is 11.2 Å². The summed E-state index contributed by atoms with van der Waals surface area (Å²) < 4.78 is 5.49. The number of hydrogen-bond acceptors (Lipinski definition) is 3. The molecule has 2 rings (SSSR count). The highest BCUT2D eigenvalue weighted by atomic mass is 35.5. The van der Waals surface area contributed by atoms with Crippen LogP contribution in [-0.4, -0.2) is 18.6 Å². The Balaban J connectivity index is 0.00000288. The van der Waals surface area contributed by atoms with Crippen LogP contribution in [0, 0.1) is 0 Å². The Kier molecular flexibility index (Phi) is 8.30. The van der Waals surface area contributed by atoms with Crippen molar-refractivity contribution in [2.75, 3.05) is 6.61 Å². The third kappa shape index (κ3) is 5.87. The van der Waals surface area contributed by atoms with Crippen LogP contribution in [0.3, 0.4) is 0 Å². The minimum atomic E-state index is -0.560. The maximum Gasteiger partial charge on any atom is 0.237 e. The molecule has 0 aromatic heterocycles.